The van der Waals surface area contributed by atoms with Crippen molar-refractivity contribution < 1.29 is 0 Å². The van der Waals surface area contributed by atoms with Crippen molar-refractivity contribution in [3.05, 3.63) is 58.6 Å². The average molecular weight is 268 g/mol. The van der Waals surface area contributed by atoms with E-state index in [1.807, 2.05) is 54.3 Å². The number of anilines is 1. The van der Waals surface area contributed by atoms with Gasteiger partial charge in [0.05, 0.1) is 12.7 Å². The van der Waals surface area contributed by atoms with E-state index in [1.54, 1.807) is 0 Å². The summed E-state index contributed by atoms with van der Waals surface area (Å²) in [6.45, 7) is 3.47. The van der Waals surface area contributed by atoms with Crippen LogP contribution in [-0.4, -0.2) is 21.3 Å². The number of benzene rings is 1. The summed E-state index contributed by atoms with van der Waals surface area (Å²) < 4.78 is 1.88. The summed E-state index contributed by atoms with van der Waals surface area (Å²) in [5.41, 5.74) is 1.07. The average Bonchev–Trinajstić information content (AvgIpc) is 2.85. The Labute approximate surface area is 116 Å². The number of aryl methyl sites for hydroxylation is 1. The molecule has 0 aliphatic carbocycles. The van der Waals surface area contributed by atoms with Gasteiger partial charge >= 0.3 is 0 Å². The Morgan fingerprint density at radius 3 is 3.00 bits per heavy atom. The van der Waals surface area contributed by atoms with Gasteiger partial charge in [0.1, 0.15) is 5.82 Å². The standard InChI is InChI=1S/C15H16N4O/c1-11-9-17-19(10-11)7-6-16-14-8-12-4-2-3-5-13(12)15(20)18-14/h2-5,8-10H,6-7H2,1H3,(H2,16,18,20). The Bertz CT molecular complexity index is 788. The minimum absolute atomic E-state index is 0.0690. The molecule has 2 N–H and O–H groups in total. The van der Waals surface area contributed by atoms with Gasteiger partial charge < -0.3 is 10.3 Å². The van der Waals surface area contributed by atoms with Crippen LogP contribution in [0.2, 0.25) is 0 Å². The largest absolute Gasteiger partial charge is 0.370 e. The zero-order valence-electron chi connectivity index (χ0n) is 11.3. The number of H-pyrrole nitrogens is 1. The van der Waals surface area contributed by atoms with Crippen LogP contribution in [0.4, 0.5) is 5.82 Å². The third-order valence-electron chi connectivity index (χ3n) is 3.17. The van der Waals surface area contributed by atoms with Gasteiger partial charge in [-0.15, -0.1) is 0 Å². The first kappa shape index (κ1) is 12.5. The van der Waals surface area contributed by atoms with E-state index in [2.05, 4.69) is 15.4 Å². The van der Waals surface area contributed by atoms with E-state index in [4.69, 9.17) is 0 Å². The molecule has 0 unspecified atom stereocenters. The third-order valence-corrected chi connectivity index (χ3v) is 3.17. The molecule has 0 amide bonds. The van der Waals surface area contributed by atoms with Crippen molar-refractivity contribution >= 4 is 16.6 Å². The number of fused-ring (bicyclic) bond motifs is 1. The molecule has 0 aliphatic heterocycles. The molecule has 20 heavy (non-hydrogen) atoms. The fourth-order valence-corrected chi connectivity index (χ4v) is 2.20. The summed E-state index contributed by atoms with van der Waals surface area (Å²) in [6.07, 6.45) is 3.82. The van der Waals surface area contributed by atoms with Crippen molar-refractivity contribution in [3.8, 4) is 0 Å². The Morgan fingerprint density at radius 1 is 1.35 bits per heavy atom. The number of pyridine rings is 1. The molecular weight excluding hydrogens is 252 g/mol. The van der Waals surface area contributed by atoms with Crippen LogP contribution in [0, 0.1) is 6.92 Å². The van der Waals surface area contributed by atoms with Crippen LogP contribution < -0.4 is 10.9 Å². The van der Waals surface area contributed by atoms with E-state index in [9.17, 15) is 4.79 Å². The summed E-state index contributed by atoms with van der Waals surface area (Å²) in [7, 11) is 0. The molecule has 0 spiro atoms. The Balaban J connectivity index is 1.73. The lowest BCUT2D eigenvalue weighted by molar-refractivity contribution is 0.636. The van der Waals surface area contributed by atoms with Crippen molar-refractivity contribution in [1.29, 1.82) is 0 Å². The molecule has 1 aromatic carbocycles. The number of hydrogen-bond acceptors (Lipinski definition) is 3. The molecule has 2 aromatic heterocycles. The van der Waals surface area contributed by atoms with Gasteiger partial charge in [0.25, 0.3) is 5.56 Å². The molecule has 0 fully saturated rings. The Morgan fingerprint density at radius 2 is 2.20 bits per heavy atom. The highest BCUT2D eigenvalue weighted by Crippen LogP contribution is 2.12. The smallest absolute Gasteiger partial charge is 0.257 e. The van der Waals surface area contributed by atoms with Crippen LogP contribution in [0.15, 0.2) is 47.5 Å². The fourth-order valence-electron chi connectivity index (χ4n) is 2.20. The van der Waals surface area contributed by atoms with Crippen molar-refractivity contribution in [3.63, 3.8) is 0 Å². The summed E-state index contributed by atoms with van der Waals surface area (Å²) in [6, 6.07) is 9.50. The molecule has 0 saturated carbocycles. The monoisotopic (exact) mass is 268 g/mol. The van der Waals surface area contributed by atoms with E-state index in [1.165, 1.54) is 0 Å². The van der Waals surface area contributed by atoms with Gasteiger partial charge in [-0.05, 0) is 30.0 Å². The van der Waals surface area contributed by atoms with Crippen molar-refractivity contribution in [2.45, 2.75) is 13.5 Å². The first-order valence-corrected chi connectivity index (χ1v) is 6.57. The zero-order chi connectivity index (χ0) is 13.9. The normalized spacial score (nSPS) is 10.8. The molecular formula is C15H16N4O. The summed E-state index contributed by atoms with van der Waals surface area (Å²) in [5.74, 6) is 0.734. The van der Waals surface area contributed by atoms with Gasteiger partial charge in [-0.25, -0.2) is 0 Å². The van der Waals surface area contributed by atoms with E-state index in [0.29, 0.717) is 11.9 Å². The van der Waals surface area contributed by atoms with Gasteiger partial charge in [0, 0.05) is 18.1 Å². The van der Waals surface area contributed by atoms with E-state index in [-0.39, 0.29) is 5.56 Å². The van der Waals surface area contributed by atoms with Crippen LogP contribution in [-0.2, 0) is 6.54 Å². The molecule has 0 saturated heterocycles. The lowest BCUT2D eigenvalue weighted by Gasteiger charge is -2.07. The molecule has 0 atom stereocenters. The van der Waals surface area contributed by atoms with Crippen molar-refractivity contribution in [2.75, 3.05) is 11.9 Å². The quantitative estimate of drug-likeness (QED) is 0.762. The lowest BCUT2D eigenvalue weighted by Crippen LogP contribution is -2.15. The van der Waals surface area contributed by atoms with Crippen molar-refractivity contribution in [1.82, 2.24) is 14.8 Å². The fraction of sp³-hybridized carbons (Fsp3) is 0.200. The summed E-state index contributed by atoms with van der Waals surface area (Å²) in [4.78, 5) is 14.8. The molecule has 3 rings (SSSR count). The van der Waals surface area contributed by atoms with Crippen LogP contribution in [0.5, 0.6) is 0 Å². The van der Waals surface area contributed by atoms with Crippen LogP contribution in [0.3, 0.4) is 0 Å². The van der Waals surface area contributed by atoms with Gasteiger partial charge in [-0.1, -0.05) is 18.2 Å². The minimum atomic E-state index is -0.0690. The summed E-state index contributed by atoms with van der Waals surface area (Å²) in [5, 5.41) is 9.09. The molecule has 2 heterocycles. The second kappa shape index (κ2) is 5.21. The maximum atomic E-state index is 11.9. The minimum Gasteiger partial charge on any atom is -0.370 e. The highest BCUT2D eigenvalue weighted by molar-refractivity contribution is 5.83. The topological polar surface area (TPSA) is 62.7 Å². The number of aromatic amines is 1. The van der Waals surface area contributed by atoms with Gasteiger partial charge in [0.2, 0.25) is 0 Å². The zero-order valence-corrected chi connectivity index (χ0v) is 11.3. The molecule has 5 heteroatoms. The molecule has 102 valence electrons. The predicted octanol–water partition coefficient (Wildman–Crippen LogP) is 2.15. The second-order valence-corrected chi connectivity index (χ2v) is 4.81. The van der Waals surface area contributed by atoms with Gasteiger partial charge in [-0.2, -0.15) is 5.10 Å². The molecule has 3 aromatic rings. The Kier molecular flexibility index (Phi) is 3.25. The lowest BCUT2D eigenvalue weighted by atomic mass is 10.2. The third kappa shape index (κ3) is 2.56. The number of rotatable bonds is 4. The van der Waals surface area contributed by atoms with Crippen LogP contribution in [0.1, 0.15) is 5.56 Å². The van der Waals surface area contributed by atoms with E-state index < -0.39 is 0 Å². The first-order chi connectivity index (χ1) is 9.72. The summed E-state index contributed by atoms with van der Waals surface area (Å²) >= 11 is 0. The number of hydrogen-bond donors (Lipinski definition) is 2. The highest BCUT2D eigenvalue weighted by atomic mass is 16.1. The second-order valence-electron chi connectivity index (χ2n) is 4.81. The molecule has 0 radical (unpaired) electrons. The van der Waals surface area contributed by atoms with Crippen LogP contribution >= 0.6 is 0 Å². The maximum absolute atomic E-state index is 11.9. The predicted molar refractivity (Wildman–Crippen MR) is 80.0 cm³/mol. The van der Waals surface area contributed by atoms with Gasteiger partial charge in [0.15, 0.2) is 0 Å². The van der Waals surface area contributed by atoms with E-state index >= 15 is 0 Å². The number of aromatic nitrogens is 3. The number of nitrogens with one attached hydrogen (secondary N) is 2. The Hall–Kier alpha value is -2.56. The van der Waals surface area contributed by atoms with E-state index in [0.717, 1.165) is 23.3 Å². The van der Waals surface area contributed by atoms with Crippen molar-refractivity contribution in [2.24, 2.45) is 0 Å². The first-order valence-electron chi connectivity index (χ1n) is 6.57. The molecule has 0 aliphatic rings. The van der Waals surface area contributed by atoms with Gasteiger partial charge in [-0.3, -0.25) is 9.48 Å². The highest BCUT2D eigenvalue weighted by Gasteiger charge is 2.01. The molecule has 5 nitrogen and oxygen atoms in total. The molecule has 0 bridgehead atoms. The van der Waals surface area contributed by atoms with Crippen LogP contribution in [0.25, 0.3) is 10.8 Å². The number of nitrogens with zero attached hydrogens (tertiary/aromatic N) is 2. The maximum Gasteiger partial charge on any atom is 0.257 e. The SMILES string of the molecule is Cc1cnn(CCNc2cc3ccccc3c(=O)[nH]2)c1.